The molecule has 3 heterocycles. The summed E-state index contributed by atoms with van der Waals surface area (Å²) in [4.78, 5) is 29.1. The van der Waals surface area contributed by atoms with Gasteiger partial charge in [-0.1, -0.05) is 29.8 Å². The van der Waals surface area contributed by atoms with Crippen LogP contribution in [-0.2, 0) is 6.42 Å². The number of phenols is 1. The summed E-state index contributed by atoms with van der Waals surface area (Å²) in [5.41, 5.74) is 2.16. The molecule has 2 fully saturated rings. The van der Waals surface area contributed by atoms with E-state index < -0.39 is 12.1 Å². The van der Waals surface area contributed by atoms with Crippen LogP contribution in [0.5, 0.6) is 17.2 Å². The van der Waals surface area contributed by atoms with Gasteiger partial charge in [0.1, 0.15) is 35.6 Å². The number of hydrogen-bond acceptors (Lipinski definition) is 7. The summed E-state index contributed by atoms with van der Waals surface area (Å²) >= 11 is 6.16. The van der Waals surface area contributed by atoms with Gasteiger partial charge in [0, 0.05) is 69.0 Å². The molecule has 1 amide bonds. The van der Waals surface area contributed by atoms with E-state index in [0.29, 0.717) is 36.6 Å². The predicted molar refractivity (Wildman–Crippen MR) is 160 cm³/mol. The van der Waals surface area contributed by atoms with Gasteiger partial charge < -0.3 is 34.6 Å². The number of aromatic carboxylic acids is 1. The van der Waals surface area contributed by atoms with E-state index in [-0.39, 0.29) is 46.7 Å². The van der Waals surface area contributed by atoms with Crippen LogP contribution in [0.15, 0.2) is 60.7 Å². The Labute approximate surface area is 255 Å². The molecule has 2 saturated heterocycles. The third-order valence-electron chi connectivity index (χ3n) is 8.83. The minimum atomic E-state index is -0.986. The number of fused-ring (bicyclic) bond motifs is 1. The van der Waals surface area contributed by atoms with Crippen LogP contribution in [0.3, 0.4) is 0 Å². The topological polar surface area (TPSA) is 120 Å². The first-order valence-corrected chi connectivity index (χ1v) is 15.0. The Morgan fingerprint density at radius 1 is 1.05 bits per heavy atom. The first kappa shape index (κ1) is 29.3. The highest BCUT2D eigenvalue weighted by atomic mass is 35.5. The van der Waals surface area contributed by atoms with Gasteiger partial charge in [-0.15, -0.1) is 0 Å². The molecule has 0 aliphatic carbocycles. The van der Waals surface area contributed by atoms with Crippen molar-refractivity contribution in [2.24, 2.45) is 0 Å². The summed E-state index contributed by atoms with van der Waals surface area (Å²) in [6.07, 6.45) is 2.35. The van der Waals surface area contributed by atoms with Crippen LogP contribution in [0.1, 0.15) is 57.0 Å². The number of aliphatic hydroxyl groups is 1. The summed E-state index contributed by atoms with van der Waals surface area (Å²) in [6.45, 7) is 2.77. The average Bonchev–Trinajstić information content (AvgIpc) is 3.62. The second kappa shape index (κ2) is 12.1. The molecule has 43 heavy (non-hydrogen) atoms. The minimum absolute atomic E-state index is 0.0412. The summed E-state index contributed by atoms with van der Waals surface area (Å²) in [6, 6.07) is 17.0. The number of carboxylic acid groups (broad SMARTS) is 1. The number of likely N-dealkylation sites (tertiary alicyclic amines) is 2. The summed E-state index contributed by atoms with van der Waals surface area (Å²) in [7, 11) is 0. The molecule has 0 aromatic heterocycles. The van der Waals surface area contributed by atoms with E-state index in [2.05, 4.69) is 4.90 Å². The lowest BCUT2D eigenvalue weighted by molar-refractivity contribution is -0.00202. The number of aromatic hydroxyl groups is 1. The Balaban J connectivity index is 1.03. The zero-order valence-electron chi connectivity index (χ0n) is 23.7. The van der Waals surface area contributed by atoms with Crippen molar-refractivity contribution < 1.29 is 34.4 Å². The number of rotatable bonds is 8. The quantitative estimate of drug-likeness (QED) is 0.341. The number of nitrogens with zero attached hydrogens (tertiary/aromatic N) is 2. The van der Waals surface area contributed by atoms with Crippen LogP contribution in [0.4, 0.5) is 0 Å². The molecule has 3 aromatic rings. The lowest BCUT2D eigenvalue weighted by Crippen LogP contribution is -2.49. The van der Waals surface area contributed by atoms with Gasteiger partial charge >= 0.3 is 5.97 Å². The minimum Gasteiger partial charge on any atom is -0.508 e. The number of β-amino-alcohol motifs (C(OH)–C–C–N with tert-alkyl or cyclic N) is 1. The molecule has 3 aliphatic rings. The van der Waals surface area contributed by atoms with Gasteiger partial charge in [0.05, 0.1) is 11.1 Å². The zero-order valence-corrected chi connectivity index (χ0v) is 24.5. The van der Waals surface area contributed by atoms with E-state index >= 15 is 0 Å². The first-order chi connectivity index (χ1) is 20.7. The molecule has 2 atom stereocenters. The van der Waals surface area contributed by atoms with Crippen molar-refractivity contribution in [3.8, 4) is 17.2 Å². The molecule has 0 saturated carbocycles. The van der Waals surface area contributed by atoms with Crippen LogP contribution < -0.4 is 9.47 Å². The highest BCUT2D eigenvalue weighted by Crippen LogP contribution is 2.42. The van der Waals surface area contributed by atoms with Crippen molar-refractivity contribution in [1.82, 2.24) is 9.80 Å². The van der Waals surface area contributed by atoms with Crippen molar-refractivity contribution in [3.63, 3.8) is 0 Å². The molecule has 3 N–H and O–H groups in total. The highest BCUT2D eigenvalue weighted by Gasteiger charge is 2.42. The highest BCUT2D eigenvalue weighted by molar-refractivity contribution is 6.30. The normalized spacial score (nSPS) is 20.0. The van der Waals surface area contributed by atoms with Crippen molar-refractivity contribution in [2.75, 3.05) is 39.3 Å². The molecule has 3 aliphatic heterocycles. The Bertz CT molecular complexity index is 1520. The summed E-state index contributed by atoms with van der Waals surface area (Å²) in [5, 5.41) is 31.2. The van der Waals surface area contributed by atoms with Crippen LogP contribution >= 0.6 is 11.6 Å². The zero-order chi connectivity index (χ0) is 30.1. The van der Waals surface area contributed by atoms with Crippen molar-refractivity contribution in [1.29, 1.82) is 0 Å². The van der Waals surface area contributed by atoms with E-state index in [1.807, 2.05) is 24.3 Å². The molecular weight excluding hydrogens is 572 g/mol. The van der Waals surface area contributed by atoms with Gasteiger partial charge in [-0.2, -0.15) is 0 Å². The van der Waals surface area contributed by atoms with Gasteiger partial charge in [-0.3, -0.25) is 4.79 Å². The molecule has 9 nitrogen and oxygen atoms in total. The molecule has 0 bridgehead atoms. The van der Waals surface area contributed by atoms with E-state index in [0.717, 1.165) is 43.7 Å². The van der Waals surface area contributed by atoms with Gasteiger partial charge in [-0.05, 0) is 53.9 Å². The lowest BCUT2D eigenvalue weighted by atomic mass is 9.87. The Morgan fingerprint density at radius 3 is 2.63 bits per heavy atom. The number of phenolic OH excluding ortho intramolecular Hbond substituents is 1. The SMILES string of the molecule is O=C(O)c1ccccc1C1CCN(C(=O)c2ccc(O)cc2OC[C@@H](O)CN2CCC3(CC2)Cc2cc(Cl)ccc2O3)C1. The largest absolute Gasteiger partial charge is 0.508 e. The Morgan fingerprint density at radius 2 is 1.84 bits per heavy atom. The molecule has 0 radical (unpaired) electrons. The number of hydrogen-bond donors (Lipinski definition) is 3. The third-order valence-corrected chi connectivity index (χ3v) is 9.07. The first-order valence-electron chi connectivity index (χ1n) is 14.6. The predicted octanol–water partition coefficient (Wildman–Crippen LogP) is 4.58. The Kier molecular flexibility index (Phi) is 8.22. The van der Waals surface area contributed by atoms with Crippen molar-refractivity contribution >= 4 is 23.5 Å². The number of amides is 1. The van der Waals surface area contributed by atoms with Gasteiger partial charge in [-0.25, -0.2) is 4.79 Å². The number of carboxylic acids is 1. The van der Waals surface area contributed by atoms with E-state index in [4.69, 9.17) is 21.1 Å². The van der Waals surface area contributed by atoms with Gasteiger partial charge in [0.15, 0.2) is 0 Å². The number of ether oxygens (including phenoxy) is 2. The Hall–Kier alpha value is -3.79. The maximum Gasteiger partial charge on any atom is 0.335 e. The van der Waals surface area contributed by atoms with Crippen molar-refractivity contribution in [3.05, 3.63) is 87.9 Å². The van der Waals surface area contributed by atoms with Gasteiger partial charge in [0.2, 0.25) is 0 Å². The second-order valence-corrected chi connectivity index (χ2v) is 12.2. The molecule has 1 spiro atoms. The lowest BCUT2D eigenvalue weighted by Gasteiger charge is -2.39. The van der Waals surface area contributed by atoms with E-state index in [1.54, 1.807) is 23.1 Å². The molecule has 10 heteroatoms. The average molecular weight is 607 g/mol. The molecule has 226 valence electrons. The van der Waals surface area contributed by atoms with Gasteiger partial charge in [0.25, 0.3) is 5.91 Å². The van der Waals surface area contributed by atoms with E-state index in [1.165, 1.54) is 18.2 Å². The van der Waals surface area contributed by atoms with Crippen LogP contribution in [-0.4, -0.2) is 88.0 Å². The maximum absolute atomic E-state index is 13.5. The fraction of sp³-hybridized carbons (Fsp3) is 0.394. The van der Waals surface area contributed by atoms with Crippen LogP contribution in [0.2, 0.25) is 5.02 Å². The molecule has 3 aromatic carbocycles. The second-order valence-electron chi connectivity index (χ2n) is 11.8. The standard InChI is InChI=1S/C33H35ClN2O7/c34-23-5-8-29-22(15-23)17-33(43-29)10-13-35(14-11-33)19-25(38)20-42-30-16-24(37)6-7-28(30)31(39)36-12-9-21(18-36)26-3-1-2-4-27(26)32(40)41/h1-8,15-16,21,25,37-38H,9-14,17-20H2,(H,40,41)/t21?,25-/m0/s1. The third kappa shape index (κ3) is 6.30. The number of piperidine rings is 1. The molecular formula is C33H35ClN2O7. The smallest absolute Gasteiger partial charge is 0.335 e. The fourth-order valence-electron chi connectivity index (χ4n) is 6.58. The number of benzene rings is 3. The number of halogens is 1. The summed E-state index contributed by atoms with van der Waals surface area (Å²) in [5.74, 6) is -0.287. The maximum atomic E-state index is 13.5. The summed E-state index contributed by atoms with van der Waals surface area (Å²) < 4.78 is 12.2. The number of carbonyl (C=O) groups excluding carboxylic acids is 1. The van der Waals surface area contributed by atoms with Crippen LogP contribution in [0.25, 0.3) is 0 Å². The molecule has 1 unspecified atom stereocenters. The molecule has 6 rings (SSSR count). The number of aliphatic hydroxyl groups excluding tert-OH is 1. The number of carbonyl (C=O) groups is 2. The van der Waals surface area contributed by atoms with E-state index in [9.17, 15) is 24.9 Å². The fourth-order valence-corrected chi connectivity index (χ4v) is 6.78. The van der Waals surface area contributed by atoms with Crippen LogP contribution in [0, 0.1) is 0 Å². The van der Waals surface area contributed by atoms with Crippen molar-refractivity contribution in [2.45, 2.75) is 43.3 Å². The monoisotopic (exact) mass is 606 g/mol.